The fourth-order valence-corrected chi connectivity index (χ4v) is 7.04. The summed E-state index contributed by atoms with van der Waals surface area (Å²) in [7, 11) is 0. The van der Waals surface area contributed by atoms with Gasteiger partial charge in [0.25, 0.3) is 0 Å². The van der Waals surface area contributed by atoms with Crippen LogP contribution in [0.5, 0.6) is 0 Å². The molecule has 52 heavy (non-hydrogen) atoms. The summed E-state index contributed by atoms with van der Waals surface area (Å²) in [5.41, 5.74) is 15.1. The Morgan fingerprint density at radius 1 is 0.346 bits per heavy atom. The van der Waals surface area contributed by atoms with Gasteiger partial charge in [-0.3, -0.25) is 0 Å². The molecule has 0 atom stereocenters. The summed E-state index contributed by atoms with van der Waals surface area (Å²) >= 11 is 0. The van der Waals surface area contributed by atoms with Gasteiger partial charge >= 0.3 is 0 Å². The van der Waals surface area contributed by atoms with Crippen molar-refractivity contribution in [2.75, 3.05) is 0 Å². The average Bonchev–Trinajstić information content (AvgIpc) is 3.21. The van der Waals surface area contributed by atoms with E-state index in [1.165, 1.54) is 27.6 Å². The smallest absolute Gasteiger partial charge is 0.160 e. The fourth-order valence-electron chi connectivity index (χ4n) is 7.04. The lowest BCUT2D eigenvalue weighted by atomic mass is 9.91. The second kappa shape index (κ2) is 13.2. The molecule has 0 radical (unpaired) electrons. The molecule has 0 saturated carbocycles. The molecule has 0 bridgehead atoms. The second-order valence-corrected chi connectivity index (χ2v) is 13.4. The van der Waals surface area contributed by atoms with Gasteiger partial charge in [0, 0.05) is 38.4 Å². The number of nitrogens with zero attached hydrogens (tertiary/aromatic N) is 3. The summed E-state index contributed by atoms with van der Waals surface area (Å²) in [5, 5.41) is 3.49. The van der Waals surface area contributed by atoms with Crippen LogP contribution in [-0.2, 0) is 0 Å². The molecule has 7 aromatic carbocycles. The van der Waals surface area contributed by atoms with Gasteiger partial charge in [-0.25, -0.2) is 15.0 Å². The first-order valence-corrected chi connectivity index (χ1v) is 17.7. The first kappa shape index (κ1) is 31.3. The van der Waals surface area contributed by atoms with E-state index in [4.69, 9.17) is 15.0 Å². The van der Waals surface area contributed by atoms with E-state index in [-0.39, 0.29) is 0 Å². The molecule has 0 N–H and O–H groups in total. The van der Waals surface area contributed by atoms with Crippen LogP contribution in [0.2, 0.25) is 0 Å². The van der Waals surface area contributed by atoms with Crippen LogP contribution in [0.3, 0.4) is 0 Å². The van der Waals surface area contributed by atoms with Crippen molar-refractivity contribution in [2.24, 2.45) is 0 Å². The summed E-state index contributed by atoms with van der Waals surface area (Å²) in [6, 6.07) is 62.2. The third kappa shape index (κ3) is 5.93. The first-order chi connectivity index (χ1) is 25.6. The van der Waals surface area contributed by atoms with Gasteiger partial charge in [-0.15, -0.1) is 0 Å². The van der Waals surface area contributed by atoms with Gasteiger partial charge in [-0.05, 0) is 54.3 Å². The van der Waals surface area contributed by atoms with Crippen LogP contribution in [-0.4, -0.2) is 15.0 Å². The molecular weight excluding hydrogens is 631 g/mol. The van der Waals surface area contributed by atoms with Crippen molar-refractivity contribution in [1.82, 2.24) is 15.0 Å². The Bertz CT molecular complexity index is 2640. The maximum atomic E-state index is 5.26. The Hall–Kier alpha value is -6.71. The minimum atomic E-state index is 0.718. The Kier molecular flexibility index (Phi) is 7.94. The normalized spacial score (nSPS) is 11.3. The minimum absolute atomic E-state index is 0.718. The fraction of sp³-hybridized carbons (Fsp3) is 0.0408. The quantitative estimate of drug-likeness (QED) is 0.166. The predicted molar refractivity (Wildman–Crippen MR) is 217 cm³/mol. The van der Waals surface area contributed by atoms with E-state index in [1.807, 2.05) is 0 Å². The third-order valence-electron chi connectivity index (χ3n) is 9.85. The number of hydrogen-bond donors (Lipinski definition) is 0. The number of aryl methyl sites for hydroxylation is 2. The van der Waals surface area contributed by atoms with Crippen molar-refractivity contribution < 1.29 is 0 Å². The van der Waals surface area contributed by atoms with Crippen LogP contribution < -0.4 is 0 Å². The molecule has 0 aliphatic rings. The number of benzene rings is 7. The molecule has 0 unspecified atom stereocenters. The monoisotopic (exact) mass is 665 g/mol. The standard InChI is InChI=1S/C49H35N3/c1-32-16-20-36(21-17-32)45-31-46(52-49(51-45)39-22-18-33(2)19-23-39)37-26-24-34(25-27-37)40-28-29-44-43(30-40)47-41(35-10-5-3-6-11-35)14-9-15-42(47)48(50-44)38-12-7-4-8-13-38/h3-31H,1-2H3. The lowest BCUT2D eigenvalue weighted by Crippen LogP contribution is -1.96. The Morgan fingerprint density at radius 3 is 1.52 bits per heavy atom. The topological polar surface area (TPSA) is 38.7 Å². The molecule has 0 spiro atoms. The van der Waals surface area contributed by atoms with Crippen molar-refractivity contribution in [3.63, 3.8) is 0 Å². The van der Waals surface area contributed by atoms with Gasteiger partial charge < -0.3 is 0 Å². The van der Waals surface area contributed by atoms with Crippen molar-refractivity contribution in [3.8, 4) is 67.4 Å². The molecule has 0 aliphatic heterocycles. The summed E-state index contributed by atoms with van der Waals surface area (Å²) in [5.74, 6) is 0.718. The second-order valence-electron chi connectivity index (χ2n) is 13.4. The molecule has 3 heteroatoms. The van der Waals surface area contributed by atoms with Gasteiger partial charge in [0.05, 0.1) is 22.6 Å². The van der Waals surface area contributed by atoms with Crippen molar-refractivity contribution in [2.45, 2.75) is 13.8 Å². The van der Waals surface area contributed by atoms with Gasteiger partial charge in [0.15, 0.2) is 5.82 Å². The van der Waals surface area contributed by atoms with Crippen LogP contribution in [0.4, 0.5) is 0 Å². The van der Waals surface area contributed by atoms with E-state index < -0.39 is 0 Å². The van der Waals surface area contributed by atoms with Crippen LogP contribution in [0.25, 0.3) is 89.1 Å². The van der Waals surface area contributed by atoms with E-state index in [1.54, 1.807) is 0 Å². The summed E-state index contributed by atoms with van der Waals surface area (Å²) < 4.78 is 0. The highest BCUT2D eigenvalue weighted by atomic mass is 14.9. The van der Waals surface area contributed by atoms with Crippen LogP contribution in [0.15, 0.2) is 176 Å². The van der Waals surface area contributed by atoms with E-state index in [0.717, 1.165) is 72.6 Å². The zero-order chi connectivity index (χ0) is 35.0. The van der Waals surface area contributed by atoms with Gasteiger partial charge in [-0.2, -0.15) is 0 Å². The number of aromatic nitrogens is 3. The van der Waals surface area contributed by atoms with E-state index in [9.17, 15) is 0 Å². The van der Waals surface area contributed by atoms with Crippen LogP contribution in [0.1, 0.15) is 11.1 Å². The zero-order valence-corrected chi connectivity index (χ0v) is 29.1. The van der Waals surface area contributed by atoms with E-state index >= 15 is 0 Å². The first-order valence-electron chi connectivity index (χ1n) is 17.7. The molecule has 3 nitrogen and oxygen atoms in total. The van der Waals surface area contributed by atoms with Gasteiger partial charge in [0.2, 0.25) is 0 Å². The zero-order valence-electron chi connectivity index (χ0n) is 29.1. The summed E-state index contributed by atoms with van der Waals surface area (Å²) in [6.07, 6.45) is 0. The van der Waals surface area contributed by atoms with Crippen molar-refractivity contribution in [1.29, 1.82) is 0 Å². The Morgan fingerprint density at radius 2 is 0.885 bits per heavy atom. The van der Waals surface area contributed by atoms with Gasteiger partial charge in [0.1, 0.15) is 0 Å². The maximum absolute atomic E-state index is 5.26. The summed E-state index contributed by atoms with van der Waals surface area (Å²) in [6.45, 7) is 4.20. The van der Waals surface area contributed by atoms with E-state index in [0.29, 0.717) is 0 Å². The number of hydrogen-bond acceptors (Lipinski definition) is 3. The van der Waals surface area contributed by atoms with Crippen LogP contribution in [0, 0.1) is 13.8 Å². The molecule has 2 heterocycles. The minimum Gasteiger partial charge on any atom is -0.247 e. The third-order valence-corrected chi connectivity index (χ3v) is 9.85. The lowest BCUT2D eigenvalue weighted by molar-refractivity contribution is 1.18. The molecule has 2 aromatic heterocycles. The highest BCUT2D eigenvalue weighted by Gasteiger charge is 2.16. The molecule has 0 saturated heterocycles. The summed E-state index contributed by atoms with van der Waals surface area (Å²) in [4.78, 5) is 15.4. The van der Waals surface area contributed by atoms with Crippen molar-refractivity contribution >= 4 is 21.7 Å². The maximum Gasteiger partial charge on any atom is 0.160 e. The van der Waals surface area contributed by atoms with Crippen molar-refractivity contribution in [3.05, 3.63) is 187 Å². The molecule has 9 rings (SSSR count). The number of pyridine rings is 1. The SMILES string of the molecule is Cc1ccc(-c2cc(-c3ccc(-c4ccc5nc(-c6ccccc6)c6cccc(-c7ccccc7)c6c5c4)cc3)nc(-c3ccc(C)cc3)n2)cc1. The molecular formula is C49H35N3. The van der Waals surface area contributed by atoms with Crippen LogP contribution >= 0.6 is 0 Å². The molecule has 0 fully saturated rings. The highest BCUT2D eigenvalue weighted by molar-refractivity contribution is 6.17. The largest absolute Gasteiger partial charge is 0.247 e. The molecule has 0 aliphatic carbocycles. The lowest BCUT2D eigenvalue weighted by Gasteiger charge is -2.15. The molecule has 9 aromatic rings. The predicted octanol–water partition coefficient (Wildman–Crippen LogP) is 12.8. The van der Waals surface area contributed by atoms with Gasteiger partial charge in [-0.1, -0.05) is 169 Å². The Labute approximate surface area is 304 Å². The van der Waals surface area contributed by atoms with E-state index in [2.05, 4.69) is 190 Å². The molecule has 0 amide bonds. The number of fused-ring (bicyclic) bond motifs is 3. The highest BCUT2D eigenvalue weighted by Crippen LogP contribution is 2.40. The molecule has 246 valence electrons. The Balaban J connectivity index is 1.16. The number of rotatable bonds is 6. The average molecular weight is 666 g/mol.